The third-order valence-corrected chi connectivity index (χ3v) is 7.98. The predicted molar refractivity (Wildman–Crippen MR) is 144 cm³/mol. The van der Waals surface area contributed by atoms with E-state index in [0.29, 0.717) is 18.6 Å². The third-order valence-electron chi connectivity index (χ3n) is 6.57. The third kappa shape index (κ3) is 5.75. The van der Waals surface area contributed by atoms with Crippen molar-refractivity contribution in [2.75, 3.05) is 0 Å². The summed E-state index contributed by atoms with van der Waals surface area (Å²) in [5, 5.41) is 9.70. The first-order valence-corrected chi connectivity index (χ1v) is 13.7. The lowest BCUT2D eigenvalue weighted by molar-refractivity contribution is 0.305. The van der Waals surface area contributed by atoms with Gasteiger partial charge in [-0.3, -0.25) is 5.41 Å². The Morgan fingerprint density at radius 1 is 0.917 bits per heavy atom. The molecule has 1 unspecified atom stereocenters. The average molecular weight is 500 g/mol. The lowest BCUT2D eigenvalue weighted by Crippen LogP contribution is -2.39. The van der Waals surface area contributed by atoms with E-state index in [1.54, 1.807) is 0 Å². The van der Waals surface area contributed by atoms with Crippen molar-refractivity contribution in [3.63, 3.8) is 0 Å². The largest absolute Gasteiger partial charge is 0.489 e. The standard InChI is InChI=1S/C29H29N3O3S/c30-29(31)25-9-8-23-14-21(6-7-24(23)15-25)18-35-28-13-11-22-10-12-27(16-26(22)17-28)32-36(33,34)19-20-4-2-1-3-5-20/h1-9,11,13-15,17,27,32H,10,12,16,18-19H2,(H3,30,31). The lowest BCUT2D eigenvalue weighted by Gasteiger charge is -2.26. The Bertz CT molecular complexity index is 1520. The number of ether oxygens (including phenoxy) is 1. The molecule has 184 valence electrons. The fraction of sp³-hybridized carbons (Fsp3) is 0.207. The van der Waals surface area contributed by atoms with Crippen molar-refractivity contribution in [1.29, 1.82) is 5.41 Å². The van der Waals surface area contributed by atoms with E-state index in [0.717, 1.165) is 46.1 Å². The predicted octanol–water partition coefficient (Wildman–Crippen LogP) is 4.68. The molecule has 1 aliphatic carbocycles. The topological polar surface area (TPSA) is 105 Å². The van der Waals surface area contributed by atoms with Gasteiger partial charge in [0, 0.05) is 11.6 Å². The number of nitrogens with one attached hydrogen (secondary N) is 2. The van der Waals surface area contributed by atoms with Crippen LogP contribution in [0, 0.1) is 5.41 Å². The Morgan fingerprint density at radius 3 is 2.50 bits per heavy atom. The van der Waals surface area contributed by atoms with Gasteiger partial charge in [0.05, 0.1) is 5.75 Å². The molecule has 0 bridgehead atoms. The molecule has 1 aliphatic rings. The first kappa shape index (κ1) is 24.0. The fourth-order valence-corrected chi connectivity index (χ4v) is 6.16. The Hall–Kier alpha value is -3.68. The van der Waals surface area contributed by atoms with E-state index < -0.39 is 10.0 Å². The van der Waals surface area contributed by atoms with Gasteiger partial charge in [-0.25, -0.2) is 13.1 Å². The van der Waals surface area contributed by atoms with E-state index in [-0.39, 0.29) is 17.6 Å². The maximum absolute atomic E-state index is 12.7. The monoisotopic (exact) mass is 499 g/mol. The highest BCUT2D eigenvalue weighted by Gasteiger charge is 2.24. The van der Waals surface area contributed by atoms with Crippen molar-refractivity contribution < 1.29 is 13.2 Å². The van der Waals surface area contributed by atoms with Gasteiger partial charge in [-0.2, -0.15) is 0 Å². The molecule has 0 saturated heterocycles. The van der Waals surface area contributed by atoms with Crippen molar-refractivity contribution in [1.82, 2.24) is 4.72 Å². The van der Waals surface area contributed by atoms with Gasteiger partial charge in [0.15, 0.2) is 0 Å². The summed E-state index contributed by atoms with van der Waals surface area (Å²) < 4.78 is 34.4. The second-order valence-corrected chi connectivity index (χ2v) is 11.1. The Morgan fingerprint density at radius 2 is 1.69 bits per heavy atom. The molecule has 0 heterocycles. The normalized spacial score (nSPS) is 15.4. The first-order valence-electron chi connectivity index (χ1n) is 12.0. The molecule has 0 amide bonds. The molecule has 0 aromatic heterocycles. The van der Waals surface area contributed by atoms with Crippen LogP contribution in [0.3, 0.4) is 0 Å². The fourth-order valence-electron chi connectivity index (χ4n) is 4.73. The summed E-state index contributed by atoms with van der Waals surface area (Å²) in [7, 11) is -3.42. The molecular weight excluding hydrogens is 470 g/mol. The number of benzene rings is 4. The number of sulfonamides is 1. The van der Waals surface area contributed by atoms with E-state index in [1.807, 2.05) is 72.8 Å². The van der Waals surface area contributed by atoms with Crippen molar-refractivity contribution in [3.05, 3.63) is 113 Å². The van der Waals surface area contributed by atoms with Gasteiger partial charge in [0.1, 0.15) is 18.2 Å². The van der Waals surface area contributed by atoms with Gasteiger partial charge < -0.3 is 10.5 Å². The van der Waals surface area contributed by atoms with Crippen LogP contribution in [0.1, 0.15) is 34.2 Å². The molecule has 0 radical (unpaired) electrons. The Balaban J connectivity index is 1.23. The highest BCUT2D eigenvalue weighted by atomic mass is 32.2. The van der Waals surface area contributed by atoms with Crippen molar-refractivity contribution in [2.24, 2.45) is 5.73 Å². The van der Waals surface area contributed by atoms with E-state index in [9.17, 15) is 8.42 Å². The van der Waals surface area contributed by atoms with Crippen LogP contribution >= 0.6 is 0 Å². The molecule has 5 rings (SSSR count). The first-order chi connectivity index (χ1) is 17.3. The number of fused-ring (bicyclic) bond motifs is 2. The second kappa shape index (κ2) is 10.1. The van der Waals surface area contributed by atoms with Crippen molar-refractivity contribution in [3.8, 4) is 5.75 Å². The molecule has 36 heavy (non-hydrogen) atoms. The average Bonchev–Trinajstić information content (AvgIpc) is 2.86. The highest BCUT2D eigenvalue weighted by Crippen LogP contribution is 2.27. The van der Waals surface area contributed by atoms with Gasteiger partial charge in [-0.05, 0) is 76.6 Å². The van der Waals surface area contributed by atoms with Crippen LogP contribution in [0.2, 0.25) is 0 Å². The quantitative estimate of drug-likeness (QED) is 0.242. The van der Waals surface area contributed by atoms with Gasteiger partial charge in [0.25, 0.3) is 0 Å². The zero-order valence-corrected chi connectivity index (χ0v) is 20.7. The SMILES string of the molecule is N=C(N)c1ccc2cc(COc3ccc4c(c3)CC(NS(=O)(=O)Cc3ccccc3)CC4)ccc2c1. The molecule has 0 saturated carbocycles. The summed E-state index contributed by atoms with van der Waals surface area (Å²) >= 11 is 0. The highest BCUT2D eigenvalue weighted by molar-refractivity contribution is 7.88. The molecular formula is C29H29N3O3S. The molecule has 7 heteroatoms. The Kier molecular flexibility index (Phi) is 6.76. The van der Waals surface area contributed by atoms with Crippen LogP contribution in [-0.2, 0) is 35.2 Å². The van der Waals surface area contributed by atoms with Gasteiger partial charge >= 0.3 is 0 Å². The molecule has 6 nitrogen and oxygen atoms in total. The Labute approximate surface area is 211 Å². The summed E-state index contributed by atoms with van der Waals surface area (Å²) in [5.41, 5.74) is 10.5. The van der Waals surface area contributed by atoms with Crippen LogP contribution in [0.4, 0.5) is 0 Å². The maximum Gasteiger partial charge on any atom is 0.216 e. The number of hydrogen-bond donors (Lipinski definition) is 3. The minimum atomic E-state index is -3.42. The van der Waals surface area contributed by atoms with Gasteiger partial charge in [-0.1, -0.05) is 60.7 Å². The van der Waals surface area contributed by atoms with Crippen LogP contribution in [0.15, 0.2) is 84.9 Å². The van der Waals surface area contributed by atoms with Crippen LogP contribution in [0.5, 0.6) is 5.75 Å². The van der Waals surface area contributed by atoms with E-state index in [2.05, 4.69) is 16.9 Å². The van der Waals surface area contributed by atoms with Gasteiger partial charge in [0.2, 0.25) is 10.0 Å². The van der Waals surface area contributed by atoms with Crippen molar-refractivity contribution >= 4 is 26.6 Å². The van der Waals surface area contributed by atoms with E-state index in [4.69, 9.17) is 15.9 Å². The minimum Gasteiger partial charge on any atom is -0.489 e. The summed E-state index contributed by atoms with van der Waals surface area (Å²) in [6.45, 7) is 0.427. The molecule has 4 N–H and O–H groups in total. The van der Waals surface area contributed by atoms with Crippen LogP contribution < -0.4 is 15.2 Å². The van der Waals surface area contributed by atoms with E-state index in [1.165, 1.54) is 5.56 Å². The zero-order chi connectivity index (χ0) is 25.1. The van der Waals surface area contributed by atoms with Crippen LogP contribution in [-0.4, -0.2) is 20.3 Å². The summed E-state index contributed by atoms with van der Waals surface area (Å²) in [6.07, 6.45) is 2.26. The van der Waals surface area contributed by atoms with Crippen LogP contribution in [0.25, 0.3) is 10.8 Å². The van der Waals surface area contributed by atoms with Crippen molar-refractivity contribution in [2.45, 2.75) is 37.7 Å². The molecule has 4 aromatic carbocycles. The molecule has 1 atom stereocenters. The number of rotatable bonds is 8. The molecule has 0 spiro atoms. The number of amidine groups is 1. The molecule has 4 aromatic rings. The number of nitrogen functional groups attached to an aromatic ring is 1. The number of hydrogen-bond acceptors (Lipinski definition) is 4. The summed E-state index contributed by atoms with van der Waals surface area (Å²) in [4.78, 5) is 0. The minimum absolute atomic E-state index is 0.0117. The molecule has 0 fully saturated rings. The lowest BCUT2D eigenvalue weighted by atomic mass is 9.89. The smallest absolute Gasteiger partial charge is 0.216 e. The maximum atomic E-state index is 12.7. The number of nitrogens with two attached hydrogens (primary N) is 1. The zero-order valence-electron chi connectivity index (χ0n) is 19.9. The molecule has 0 aliphatic heterocycles. The summed E-state index contributed by atoms with van der Waals surface area (Å²) in [6, 6.07) is 27.1. The number of aryl methyl sites for hydroxylation is 1. The summed E-state index contributed by atoms with van der Waals surface area (Å²) in [5.74, 6) is 0.818. The van der Waals surface area contributed by atoms with E-state index >= 15 is 0 Å². The second-order valence-electron chi connectivity index (χ2n) is 9.33. The van der Waals surface area contributed by atoms with Gasteiger partial charge in [-0.15, -0.1) is 0 Å².